The minimum absolute atomic E-state index is 0.0788. The summed E-state index contributed by atoms with van der Waals surface area (Å²) in [6.07, 6.45) is 0. The van der Waals surface area contributed by atoms with Crippen LogP contribution in [0.5, 0.6) is 0 Å². The Labute approximate surface area is 153 Å². The zero-order valence-corrected chi connectivity index (χ0v) is 15.7. The zero-order chi connectivity index (χ0) is 19.3. The van der Waals surface area contributed by atoms with Gasteiger partial charge in [-0.25, -0.2) is 0 Å². The predicted molar refractivity (Wildman–Crippen MR) is 102 cm³/mol. The molecule has 0 aliphatic rings. The van der Waals surface area contributed by atoms with Crippen LogP contribution in [0.3, 0.4) is 0 Å². The van der Waals surface area contributed by atoms with Crippen LogP contribution in [0.1, 0.15) is 36.6 Å². The molecule has 2 aromatic carbocycles. The molecule has 0 fully saturated rings. The number of anilines is 1. The topological polar surface area (TPSA) is 88.8 Å². The van der Waals surface area contributed by atoms with Gasteiger partial charge in [0.05, 0.1) is 4.92 Å². The number of nitrogens with one attached hydrogen (secondary N) is 1. The number of carbonyl (C=O) groups is 1. The van der Waals surface area contributed by atoms with E-state index in [1.807, 2.05) is 49.5 Å². The summed E-state index contributed by atoms with van der Waals surface area (Å²) in [5.74, 6) is 0.0964. The molecule has 6 heteroatoms. The lowest BCUT2D eigenvalue weighted by atomic mass is 9.96. The van der Waals surface area contributed by atoms with Crippen LogP contribution in [0.25, 0.3) is 0 Å². The molecule has 3 N–H and O–H groups in total. The number of hydrogen-bond acceptors (Lipinski definition) is 3. The van der Waals surface area contributed by atoms with Gasteiger partial charge in [0.2, 0.25) is 0 Å². The summed E-state index contributed by atoms with van der Waals surface area (Å²) in [6, 6.07) is 13.3. The van der Waals surface area contributed by atoms with Gasteiger partial charge in [-0.1, -0.05) is 44.2 Å². The highest BCUT2D eigenvalue weighted by molar-refractivity contribution is 5.93. The fourth-order valence-electron chi connectivity index (χ4n) is 2.96. The summed E-state index contributed by atoms with van der Waals surface area (Å²) < 4.78 is 0. The first kappa shape index (κ1) is 19.6. The molecule has 0 heterocycles. The van der Waals surface area contributed by atoms with Crippen LogP contribution >= 0.6 is 0 Å². The molecular formula is C20H26N3O3+. The molecule has 0 unspecified atom stereocenters. The number of aryl methyl sites for hydroxylation is 2. The molecule has 1 atom stereocenters. The molecule has 0 aliphatic carbocycles. The SMILES string of the molecule is Cc1cc(NC(=O)C[NH2+][C@H](c2ccccc2)C(C)C)c([N+](=O)[O-])cc1C. The Balaban J connectivity index is 2.09. The Hall–Kier alpha value is -2.73. The average Bonchev–Trinajstić information content (AvgIpc) is 2.58. The van der Waals surface area contributed by atoms with Crippen LogP contribution in [-0.2, 0) is 4.79 Å². The number of nitro benzene ring substituents is 1. The van der Waals surface area contributed by atoms with E-state index in [-0.39, 0.29) is 29.9 Å². The Morgan fingerprint density at radius 2 is 1.77 bits per heavy atom. The van der Waals surface area contributed by atoms with E-state index in [0.717, 1.165) is 16.7 Å². The van der Waals surface area contributed by atoms with Gasteiger partial charge in [0, 0.05) is 17.5 Å². The molecule has 0 saturated heterocycles. The first-order valence-electron chi connectivity index (χ1n) is 8.73. The van der Waals surface area contributed by atoms with Gasteiger partial charge in [-0.2, -0.15) is 0 Å². The maximum atomic E-state index is 12.4. The Morgan fingerprint density at radius 3 is 2.35 bits per heavy atom. The van der Waals surface area contributed by atoms with E-state index in [9.17, 15) is 14.9 Å². The molecule has 0 spiro atoms. The molecule has 26 heavy (non-hydrogen) atoms. The van der Waals surface area contributed by atoms with Gasteiger partial charge in [-0.15, -0.1) is 0 Å². The number of carbonyl (C=O) groups excluding carboxylic acids is 1. The van der Waals surface area contributed by atoms with Gasteiger partial charge in [-0.3, -0.25) is 14.9 Å². The molecule has 2 aromatic rings. The number of amides is 1. The van der Waals surface area contributed by atoms with Crippen LogP contribution in [0.2, 0.25) is 0 Å². The van der Waals surface area contributed by atoms with E-state index in [1.54, 1.807) is 6.07 Å². The van der Waals surface area contributed by atoms with Crippen molar-refractivity contribution in [3.63, 3.8) is 0 Å². The summed E-state index contributed by atoms with van der Waals surface area (Å²) in [5, 5.41) is 15.9. The van der Waals surface area contributed by atoms with Crippen LogP contribution < -0.4 is 10.6 Å². The number of hydrogen-bond donors (Lipinski definition) is 2. The van der Waals surface area contributed by atoms with Crippen molar-refractivity contribution in [3.8, 4) is 0 Å². The fraction of sp³-hybridized carbons (Fsp3) is 0.350. The number of rotatable bonds is 7. The highest BCUT2D eigenvalue weighted by Crippen LogP contribution is 2.27. The third kappa shape index (κ3) is 4.89. The number of benzene rings is 2. The van der Waals surface area contributed by atoms with Gasteiger partial charge in [-0.05, 0) is 31.0 Å². The molecule has 6 nitrogen and oxygen atoms in total. The van der Waals surface area contributed by atoms with Crippen molar-refractivity contribution in [3.05, 3.63) is 69.3 Å². The second-order valence-electron chi connectivity index (χ2n) is 6.88. The second-order valence-corrected chi connectivity index (χ2v) is 6.88. The maximum absolute atomic E-state index is 12.4. The Kier molecular flexibility index (Phi) is 6.46. The Bertz CT molecular complexity index is 788. The number of quaternary nitrogens is 1. The highest BCUT2D eigenvalue weighted by atomic mass is 16.6. The molecule has 0 aromatic heterocycles. The van der Waals surface area contributed by atoms with Gasteiger partial charge in [0.25, 0.3) is 11.6 Å². The lowest BCUT2D eigenvalue weighted by molar-refractivity contribution is -0.692. The van der Waals surface area contributed by atoms with Crippen molar-refractivity contribution in [1.82, 2.24) is 0 Å². The number of nitrogens with two attached hydrogens (primary N) is 1. The zero-order valence-electron chi connectivity index (χ0n) is 15.7. The molecular weight excluding hydrogens is 330 g/mol. The third-order valence-corrected chi connectivity index (χ3v) is 4.54. The normalized spacial score (nSPS) is 12.0. The lowest BCUT2D eigenvalue weighted by Gasteiger charge is -2.19. The van der Waals surface area contributed by atoms with Crippen molar-refractivity contribution in [2.75, 3.05) is 11.9 Å². The van der Waals surface area contributed by atoms with Gasteiger partial charge < -0.3 is 10.6 Å². The summed E-state index contributed by atoms with van der Waals surface area (Å²) in [5.41, 5.74) is 3.05. The minimum atomic E-state index is -0.466. The molecule has 138 valence electrons. The summed E-state index contributed by atoms with van der Waals surface area (Å²) in [4.78, 5) is 23.2. The molecule has 1 amide bonds. The van der Waals surface area contributed by atoms with Crippen LogP contribution in [0.4, 0.5) is 11.4 Å². The molecule has 0 radical (unpaired) electrons. The Morgan fingerprint density at radius 1 is 1.15 bits per heavy atom. The fourth-order valence-corrected chi connectivity index (χ4v) is 2.96. The molecule has 0 aliphatic heterocycles. The minimum Gasteiger partial charge on any atom is -0.332 e. The van der Waals surface area contributed by atoms with E-state index in [2.05, 4.69) is 19.2 Å². The first-order chi connectivity index (χ1) is 12.3. The van der Waals surface area contributed by atoms with Crippen LogP contribution in [0.15, 0.2) is 42.5 Å². The molecule has 2 rings (SSSR count). The van der Waals surface area contributed by atoms with Crippen LogP contribution in [0, 0.1) is 29.9 Å². The van der Waals surface area contributed by atoms with E-state index >= 15 is 0 Å². The monoisotopic (exact) mass is 356 g/mol. The van der Waals surface area contributed by atoms with E-state index < -0.39 is 4.92 Å². The van der Waals surface area contributed by atoms with E-state index in [4.69, 9.17) is 0 Å². The van der Waals surface area contributed by atoms with Gasteiger partial charge >= 0.3 is 0 Å². The molecule has 0 saturated carbocycles. The maximum Gasteiger partial charge on any atom is 0.293 e. The average molecular weight is 356 g/mol. The van der Waals surface area contributed by atoms with Gasteiger partial charge in [0.15, 0.2) is 6.54 Å². The van der Waals surface area contributed by atoms with Crippen molar-refractivity contribution in [1.29, 1.82) is 0 Å². The quantitative estimate of drug-likeness (QED) is 0.590. The van der Waals surface area contributed by atoms with Gasteiger partial charge in [0.1, 0.15) is 11.7 Å². The van der Waals surface area contributed by atoms with E-state index in [0.29, 0.717) is 5.92 Å². The molecule has 0 bridgehead atoms. The van der Waals surface area contributed by atoms with Crippen molar-refractivity contribution < 1.29 is 15.0 Å². The van der Waals surface area contributed by atoms with Crippen molar-refractivity contribution >= 4 is 17.3 Å². The van der Waals surface area contributed by atoms with E-state index in [1.165, 1.54) is 6.07 Å². The smallest absolute Gasteiger partial charge is 0.293 e. The standard InChI is InChI=1S/C20H25N3O3/c1-13(2)20(16-8-6-5-7-9-16)21-12-19(24)22-17-10-14(3)15(4)11-18(17)23(25)26/h5-11,13,20-21H,12H2,1-4H3,(H,22,24)/p+1/t20-/m0/s1. The summed E-state index contributed by atoms with van der Waals surface area (Å²) in [7, 11) is 0. The second kappa shape index (κ2) is 8.58. The summed E-state index contributed by atoms with van der Waals surface area (Å²) in [6.45, 7) is 8.10. The predicted octanol–water partition coefficient (Wildman–Crippen LogP) is 3.11. The first-order valence-corrected chi connectivity index (χ1v) is 8.73. The third-order valence-electron chi connectivity index (χ3n) is 4.54. The number of nitro groups is 1. The largest absolute Gasteiger partial charge is 0.332 e. The number of nitrogens with zero attached hydrogens (tertiary/aromatic N) is 1. The van der Waals surface area contributed by atoms with Crippen molar-refractivity contribution in [2.45, 2.75) is 33.7 Å². The summed E-state index contributed by atoms with van der Waals surface area (Å²) >= 11 is 0. The lowest BCUT2D eigenvalue weighted by Crippen LogP contribution is -2.88. The highest BCUT2D eigenvalue weighted by Gasteiger charge is 2.22. The van der Waals surface area contributed by atoms with Crippen LogP contribution in [-0.4, -0.2) is 17.4 Å². The van der Waals surface area contributed by atoms with Crippen molar-refractivity contribution in [2.24, 2.45) is 5.92 Å².